The molecule has 0 radical (unpaired) electrons. The van der Waals surface area contributed by atoms with Gasteiger partial charge in [-0.2, -0.15) is 0 Å². The van der Waals surface area contributed by atoms with Gasteiger partial charge in [0.1, 0.15) is 6.10 Å². The highest BCUT2D eigenvalue weighted by atomic mass is 35.5. The van der Waals surface area contributed by atoms with Gasteiger partial charge in [-0.05, 0) is 24.9 Å². The molecule has 3 atom stereocenters. The van der Waals surface area contributed by atoms with Crippen molar-refractivity contribution in [1.29, 1.82) is 0 Å². The third kappa shape index (κ3) is 4.05. The minimum absolute atomic E-state index is 0.102. The summed E-state index contributed by atoms with van der Waals surface area (Å²) in [6.45, 7) is 4.31. The zero-order valence-electron chi connectivity index (χ0n) is 11.5. The second-order valence-corrected chi connectivity index (χ2v) is 5.16. The molecule has 2 unspecified atom stereocenters. The molecule has 1 amide bonds. The molecule has 1 N–H and O–H groups in total. The zero-order chi connectivity index (χ0) is 14.5. The fourth-order valence-corrected chi connectivity index (χ4v) is 1.99. The van der Waals surface area contributed by atoms with Crippen LogP contribution in [-0.2, 0) is 9.47 Å². The van der Waals surface area contributed by atoms with E-state index in [9.17, 15) is 4.79 Å². The van der Waals surface area contributed by atoms with Crippen LogP contribution in [0, 0.1) is 0 Å². The lowest BCUT2D eigenvalue weighted by molar-refractivity contribution is 0.0686. The molecule has 6 nitrogen and oxygen atoms in total. The van der Waals surface area contributed by atoms with E-state index in [1.807, 2.05) is 13.8 Å². The van der Waals surface area contributed by atoms with Gasteiger partial charge in [-0.25, -0.2) is 14.8 Å². The van der Waals surface area contributed by atoms with Crippen LogP contribution in [0.25, 0.3) is 0 Å². The van der Waals surface area contributed by atoms with E-state index < -0.39 is 6.09 Å². The summed E-state index contributed by atoms with van der Waals surface area (Å²) in [5.41, 5.74) is 0.836. The number of hydrogen-bond donors (Lipinski definition) is 1. The first kappa shape index (κ1) is 15.0. The molecule has 0 bridgehead atoms. The molecule has 0 aromatic carbocycles. The van der Waals surface area contributed by atoms with Crippen LogP contribution < -0.4 is 5.32 Å². The lowest BCUT2D eigenvalue weighted by atomic mass is 10.1. The van der Waals surface area contributed by atoms with Crippen LogP contribution in [0.4, 0.5) is 4.79 Å². The quantitative estimate of drug-likeness (QED) is 0.865. The summed E-state index contributed by atoms with van der Waals surface area (Å²) in [5.74, 6) is 0. The van der Waals surface area contributed by atoms with Gasteiger partial charge in [-0.1, -0.05) is 6.92 Å². The number of amides is 1. The Morgan fingerprint density at radius 3 is 2.95 bits per heavy atom. The van der Waals surface area contributed by atoms with Crippen LogP contribution in [0.5, 0.6) is 0 Å². The topological polar surface area (TPSA) is 73.3 Å². The van der Waals surface area contributed by atoms with E-state index >= 15 is 0 Å². The molecule has 0 spiro atoms. The molecule has 0 aliphatic carbocycles. The van der Waals surface area contributed by atoms with Gasteiger partial charge in [-0.15, -0.1) is 0 Å². The van der Waals surface area contributed by atoms with Crippen LogP contribution in [-0.4, -0.2) is 34.8 Å². The molecule has 2 rings (SSSR count). The Labute approximate surface area is 122 Å². The largest absolute Gasteiger partial charge is 0.444 e. The summed E-state index contributed by atoms with van der Waals surface area (Å²) in [7, 11) is 0. The smallest absolute Gasteiger partial charge is 0.407 e. The summed E-state index contributed by atoms with van der Waals surface area (Å²) in [6, 6.07) is 0.102. The lowest BCUT2D eigenvalue weighted by Crippen LogP contribution is -2.35. The van der Waals surface area contributed by atoms with Crippen molar-refractivity contribution >= 4 is 17.7 Å². The monoisotopic (exact) mass is 299 g/mol. The van der Waals surface area contributed by atoms with Gasteiger partial charge in [-0.3, -0.25) is 0 Å². The number of halogens is 1. The maximum absolute atomic E-state index is 11.6. The van der Waals surface area contributed by atoms with Crippen molar-refractivity contribution in [1.82, 2.24) is 15.3 Å². The Hall–Kier alpha value is -1.40. The van der Waals surface area contributed by atoms with E-state index in [4.69, 9.17) is 21.1 Å². The molecular weight excluding hydrogens is 282 g/mol. The fourth-order valence-electron chi connectivity index (χ4n) is 1.89. The molecular formula is C13H18ClN3O3. The van der Waals surface area contributed by atoms with E-state index in [1.54, 1.807) is 12.4 Å². The third-order valence-electron chi connectivity index (χ3n) is 3.22. The number of hydrogen-bond acceptors (Lipinski definition) is 5. The van der Waals surface area contributed by atoms with E-state index in [1.165, 1.54) is 0 Å². The molecule has 1 aromatic rings. The van der Waals surface area contributed by atoms with Crippen molar-refractivity contribution in [2.24, 2.45) is 0 Å². The van der Waals surface area contributed by atoms with E-state index in [0.717, 1.165) is 12.0 Å². The van der Waals surface area contributed by atoms with Crippen LogP contribution in [0.3, 0.4) is 0 Å². The first-order valence-corrected chi connectivity index (χ1v) is 7.02. The molecule has 20 heavy (non-hydrogen) atoms. The number of ether oxygens (including phenoxy) is 2. The lowest BCUT2D eigenvalue weighted by Gasteiger charge is -2.15. The number of rotatable bonds is 4. The molecule has 2 heterocycles. The Bertz CT molecular complexity index is 455. The number of nitrogens with zero attached hydrogens (tertiary/aromatic N) is 2. The SMILES string of the molecule is CC[C@H](C)NC(=O)OC1COC(c2cnc(Cl)nc2)C1. The predicted octanol–water partition coefficient (Wildman–Crippen LogP) is 2.48. The molecule has 1 fully saturated rings. The highest BCUT2D eigenvalue weighted by Crippen LogP contribution is 2.29. The summed E-state index contributed by atoms with van der Waals surface area (Å²) >= 11 is 5.64. The summed E-state index contributed by atoms with van der Waals surface area (Å²) < 4.78 is 10.9. The second-order valence-electron chi connectivity index (χ2n) is 4.82. The molecule has 1 aromatic heterocycles. The average Bonchev–Trinajstić information content (AvgIpc) is 2.87. The van der Waals surface area contributed by atoms with Crippen molar-refractivity contribution in [3.05, 3.63) is 23.2 Å². The number of alkyl carbamates (subject to hydrolysis) is 1. The molecule has 1 aliphatic rings. The zero-order valence-corrected chi connectivity index (χ0v) is 12.3. The summed E-state index contributed by atoms with van der Waals surface area (Å²) in [6.07, 6.45) is 3.90. The minimum atomic E-state index is -0.402. The Kier molecular flexibility index (Phi) is 5.14. The summed E-state index contributed by atoms with van der Waals surface area (Å²) in [4.78, 5) is 19.5. The van der Waals surface area contributed by atoms with Crippen molar-refractivity contribution in [3.8, 4) is 0 Å². The van der Waals surface area contributed by atoms with Gasteiger partial charge in [0, 0.05) is 30.4 Å². The van der Waals surface area contributed by atoms with Crippen molar-refractivity contribution in [2.75, 3.05) is 6.61 Å². The number of carbonyl (C=O) groups excluding carboxylic acids is 1. The first-order valence-electron chi connectivity index (χ1n) is 6.64. The Morgan fingerprint density at radius 2 is 2.30 bits per heavy atom. The molecule has 110 valence electrons. The van der Waals surface area contributed by atoms with Gasteiger partial charge in [0.25, 0.3) is 0 Å². The van der Waals surface area contributed by atoms with E-state index in [-0.39, 0.29) is 23.5 Å². The highest BCUT2D eigenvalue weighted by molar-refractivity contribution is 6.28. The van der Waals surface area contributed by atoms with Gasteiger partial charge in [0.2, 0.25) is 5.28 Å². The molecule has 7 heteroatoms. The molecule has 1 saturated heterocycles. The van der Waals surface area contributed by atoms with Crippen LogP contribution in [0.1, 0.15) is 38.4 Å². The maximum Gasteiger partial charge on any atom is 0.407 e. The number of nitrogens with one attached hydrogen (secondary N) is 1. The Balaban J connectivity index is 1.83. The standard InChI is InChI=1S/C13H18ClN3O3/c1-3-8(2)17-13(18)20-10-4-11(19-7-10)9-5-15-12(14)16-6-9/h5-6,8,10-11H,3-4,7H2,1-2H3,(H,17,18)/t8-,10?,11?/m0/s1. The Morgan fingerprint density at radius 1 is 1.60 bits per heavy atom. The van der Waals surface area contributed by atoms with Crippen molar-refractivity contribution in [3.63, 3.8) is 0 Å². The highest BCUT2D eigenvalue weighted by Gasteiger charge is 2.30. The summed E-state index contributed by atoms with van der Waals surface area (Å²) in [5, 5.41) is 2.96. The number of carbonyl (C=O) groups is 1. The van der Waals surface area contributed by atoms with Crippen LogP contribution in [0.2, 0.25) is 5.28 Å². The second kappa shape index (κ2) is 6.85. The fraction of sp³-hybridized carbons (Fsp3) is 0.615. The first-order chi connectivity index (χ1) is 9.58. The molecule has 0 saturated carbocycles. The molecule has 1 aliphatic heterocycles. The van der Waals surface area contributed by atoms with Crippen molar-refractivity contribution in [2.45, 2.75) is 44.9 Å². The maximum atomic E-state index is 11.6. The van der Waals surface area contributed by atoms with E-state index in [2.05, 4.69) is 15.3 Å². The predicted molar refractivity (Wildman–Crippen MR) is 73.5 cm³/mol. The van der Waals surface area contributed by atoms with Crippen LogP contribution in [0.15, 0.2) is 12.4 Å². The van der Waals surface area contributed by atoms with Crippen LogP contribution >= 0.6 is 11.6 Å². The van der Waals surface area contributed by atoms with Gasteiger partial charge < -0.3 is 14.8 Å². The van der Waals surface area contributed by atoms with Gasteiger partial charge in [0.05, 0.1) is 12.7 Å². The average molecular weight is 300 g/mol. The van der Waals surface area contributed by atoms with Gasteiger partial charge in [0.15, 0.2) is 0 Å². The van der Waals surface area contributed by atoms with E-state index in [0.29, 0.717) is 13.0 Å². The third-order valence-corrected chi connectivity index (χ3v) is 3.42. The normalized spacial score (nSPS) is 23.4. The van der Waals surface area contributed by atoms with Gasteiger partial charge >= 0.3 is 6.09 Å². The minimum Gasteiger partial charge on any atom is -0.444 e. The number of aromatic nitrogens is 2. The van der Waals surface area contributed by atoms with Crippen molar-refractivity contribution < 1.29 is 14.3 Å².